The number of ether oxygens (including phenoxy) is 1. The normalized spacial score (nSPS) is 11.8. The Hall–Kier alpha value is -0.510. The minimum atomic E-state index is -0.319. The summed E-state index contributed by atoms with van der Waals surface area (Å²) < 4.78 is 18.7. The lowest BCUT2D eigenvalue weighted by Crippen LogP contribution is -2.18. The zero-order valence-electron chi connectivity index (χ0n) is 9.30. The van der Waals surface area contributed by atoms with Crippen LogP contribution in [0.1, 0.15) is 19.4 Å². The molecule has 0 fully saturated rings. The first-order valence-electron chi connectivity index (χ1n) is 4.91. The quantitative estimate of drug-likeness (QED) is 0.910. The van der Waals surface area contributed by atoms with Crippen LogP contribution in [0.2, 0.25) is 5.02 Å². The third kappa shape index (κ3) is 4.16. The van der Waals surface area contributed by atoms with Gasteiger partial charge in [0.1, 0.15) is 11.6 Å². The largest absolute Gasteiger partial charge is 0.492 e. The van der Waals surface area contributed by atoms with Gasteiger partial charge in [-0.25, -0.2) is 4.39 Å². The van der Waals surface area contributed by atoms with Crippen LogP contribution in [-0.4, -0.2) is 12.6 Å². The zero-order chi connectivity index (χ0) is 11.4. The van der Waals surface area contributed by atoms with Crippen LogP contribution >= 0.6 is 24.0 Å². The van der Waals surface area contributed by atoms with E-state index in [0.717, 1.165) is 0 Å². The number of halogens is 3. The number of rotatable bonds is 4. The fourth-order valence-corrected chi connectivity index (χ4v) is 1.58. The van der Waals surface area contributed by atoms with E-state index < -0.39 is 0 Å². The minimum Gasteiger partial charge on any atom is -0.492 e. The van der Waals surface area contributed by atoms with Crippen LogP contribution in [0.5, 0.6) is 5.75 Å². The van der Waals surface area contributed by atoms with E-state index in [4.69, 9.17) is 22.1 Å². The van der Waals surface area contributed by atoms with Crippen LogP contribution in [0, 0.1) is 5.82 Å². The molecule has 0 spiro atoms. The van der Waals surface area contributed by atoms with Crippen molar-refractivity contribution in [3.63, 3.8) is 0 Å². The van der Waals surface area contributed by atoms with E-state index in [1.165, 1.54) is 6.07 Å². The second kappa shape index (κ2) is 6.94. The molecule has 92 valence electrons. The molecule has 1 rings (SSSR count). The summed E-state index contributed by atoms with van der Waals surface area (Å²) in [5.41, 5.74) is 6.13. The molecular formula is C11H16Cl2FNO. The lowest BCUT2D eigenvalue weighted by molar-refractivity contribution is 0.338. The lowest BCUT2D eigenvalue weighted by atomic mass is 10.1. The third-order valence-electron chi connectivity index (χ3n) is 1.94. The second-order valence-electron chi connectivity index (χ2n) is 3.49. The number of benzene rings is 1. The molecule has 0 heterocycles. The van der Waals surface area contributed by atoms with Crippen LogP contribution in [0.3, 0.4) is 0 Å². The molecule has 0 bridgehead atoms. The summed E-state index contributed by atoms with van der Waals surface area (Å²) in [4.78, 5) is 0. The van der Waals surface area contributed by atoms with Crippen molar-refractivity contribution >= 4 is 24.0 Å². The van der Waals surface area contributed by atoms with E-state index in [1.54, 1.807) is 6.07 Å². The average molecular weight is 268 g/mol. The summed E-state index contributed by atoms with van der Waals surface area (Å²) in [6.07, 6.45) is 0.470. The lowest BCUT2D eigenvalue weighted by Gasteiger charge is -2.10. The van der Waals surface area contributed by atoms with Crippen molar-refractivity contribution in [3.8, 4) is 5.75 Å². The molecule has 0 aliphatic rings. The molecule has 1 aromatic carbocycles. The molecular weight excluding hydrogens is 252 g/mol. The van der Waals surface area contributed by atoms with Gasteiger partial charge in [0.05, 0.1) is 11.6 Å². The van der Waals surface area contributed by atoms with Crippen molar-refractivity contribution in [2.24, 2.45) is 5.73 Å². The maximum Gasteiger partial charge on any atom is 0.140 e. The SMILES string of the molecule is CCOc1cc(F)c(CC(C)N)cc1Cl.Cl. The van der Waals surface area contributed by atoms with E-state index in [9.17, 15) is 4.39 Å². The highest BCUT2D eigenvalue weighted by Crippen LogP contribution is 2.28. The summed E-state index contributed by atoms with van der Waals surface area (Å²) in [6, 6.07) is 2.79. The molecule has 1 unspecified atom stereocenters. The Balaban J connectivity index is 0.00000225. The molecule has 0 amide bonds. The Morgan fingerprint density at radius 3 is 2.62 bits per heavy atom. The van der Waals surface area contributed by atoms with Crippen molar-refractivity contribution in [1.29, 1.82) is 0 Å². The van der Waals surface area contributed by atoms with Gasteiger partial charge in [-0.15, -0.1) is 12.4 Å². The fourth-order valence-electron chi connectivity index (χ4n) is 1.34. The predicted molar refractivity (Wildman–Crippen MR) is 67.2 cm³/mol. The van der Waals surface area contributed by atoms with Gasteiger partial charge in [0.15, 0.2) is 0 Å². The van der Waals surface area contributed by atoms with Crippen LogP contribution < -0.4 is 10.5 Å². The maximum absolute atomic E-state index is 13.5. The van der Waals surface area contributed by atoms with Crippen molar-refractivity contribution in [3.05, 3.63) is 28.5 Å². The summed E-state index contributed by atoms with van der Waals surface area (Å²) in [6.45, 7) is 4.11. The molecule has 2 N–H and O–H groups in total. The minimum absolute atomic E-state index is 0. The molecule has 0 saturated carbocycles. The monoisotopic (exact) mass is 267 g/mol. The van der Waals surface area contributed by atoms with Gasteiger partial charge in [-0.1, -0.05) is 11.6 Å². The van der Waals surface area contributed by atoms with Gasteiger partial charge in [0.25, 0.3) is 0 Å². The standard InChI is InChI=1S/C11H15ClFNO.ClH/c1-3-15-11-6-10(13)8(4-7(2)14)5-9(11)12;/h5-7H,3-4,14H2,1-2H3;1H. The van der Waals surface area contributed by atoms with Crippen molar-refractivity contribution in [1.82, 2.24) is 0 Å². The van der Waals surface area contributed by atoms with Crippen LogP contribution in [0.15, 0.2) is 12.1 Å². The molecule has 1 atom stereocenters. The molecule has 0 aliphatic heterocycles. The van der Waals surface area contributed by atoms with Crippen LogP contribution in [0.4, 0.5) is 4.39 Å². The highest BCUT2D eigenvalue weighted by atomic mass is 35.5. The molecule has 0 radical (unpaired) electrons. The Morgan fingerprint density at radius 1 is 1.50 bits per heavy atom. The molecule has 2 nitrogen and oxygen atoms in total. The fraction of sp³-hybridized carbons (Fsp3) is 0.455. The smallest absolute Gasteiger partial charge is 0.140 e. The van der Waals surface area contributed by atoms with Crippen molar-refractivity contribution in [2.75, 3.05) is 6.61 Å². The number of nitrogens with two attached hydrogens (primary N) is 1. The van der Waals surface area contributed by atoms with E-state index in [2.05, 4.69) is 0 Å². The van der Waals surface area contributed by atoms with Crippen molar-refractivity contribution in [2.45, 2.75) is 26.3 Å². The predicted octanol–water partition coefficient (Wildman–Crippen LogP) is 3.19. The van der Waals surface area contributed by atoms with Gasteiger partial charge < -0.3 is 10.5 Å². The Labute approximate surface area is 106 Å². The average Bonchev–Trinajstić information content (AvgIpc) is 2.13. The Kier molecular flexibility index (Phi) is 6.72. The Bertz CT molecular complexity index is 345. The van der Waals surface area contributed by atoms with Gasteiger partial charge in [0, 0.05) is 12.1 Å². The van der Waals surface area contributed by atoms with Gasteiger partial charge >= 0.3 is 0 Å². The molecule has 0 aromatic heterocycles. The summed E-state index contributed by atoms with van der Waals surface area (Å²) in [5, 5.41) is 0.425. The summed E-state index contributed by atoms with van der Waals surface area (Å²) in [5.74, 6) is 0.0604. The summed E-state index contributed by atoms with van der Waals surface area (Å²) >= 11 is 5.93. The van der Waals surface area contributed by atoms with Gasteiger partial charge in [-0.05, 0) is 31.9 Å². The topological polar surface area (TPSA) is 35.2 Å². The highest BCUT2D eigenvalue weighted by Gasteiger charge is 2.10. The van der Waals surface area contributed by atoms with E-state index in [1.807, 2.05) is 13.8 Å². The van der Waals surface area contributed by atoms with E-state index in [-0.39, 0.29) is 24.3 Å². The highest BCUT2D eigenvalue weighted by molar-refractivity contribution is 6.32. The van der Waals surface area contributed by atoms with E-state index in [0.29, 0.717) is 29.4 Å². The molecule has 16 heavy (non-hydrogen) atoms. The number of hydrogen-bond donors (Lipinski definition) is 1. The molecule has 0 aliphatic carbocycles. The van der Waals surface area contributed by atoms with Gasteiger partial charge in [-0.2, -0.15) is 0 Å². The van der Waals surface area contributed by atoms with Gasteiger partial charge in [0.2, 0.25) is 0 Å². The van der Waals surface area contributed by atoms with Crippen molar-refractivity contribution < 1.29 is 9.13 Å². The van der Waals surface area contributed by atoms with Crippen LogP contribution in [-0.2, 0) is 6.42 Å². The molecule has 1 aromatic rings. The zero-order valence-corrected chi connectivity index (χ0v) is 10.9. The second-order valence-corrected chi connectivity index (χ2v) is 3.90. The van der Waals surface area contributed by atoms with E-state index >= 15 is 0 Å². The maximum atomic E-state index is 13.5. The van der Waals surface area contributed by atoms with Crippen LogP contribution in [0.25, 0.3) is 0 Å². The Morgan fingerprint density at radius 2 is 2.12 bits per heavy atom. The summed E-state index contributed by atoms with van der Waals surface area (Å²) in [7, 11) is 0. The molecule has 0 saturated heterocycles. The first kappa shape index (κ1) is 15.5. The first-order chi connectivity index (χ1) is 7.04. The first-order valence-corrected chi connectivity index (χ1v) is 5.28. The number of hydrogen-bond acceptors (Lipinski definition) is 2. The third-order valence-corrected chi connectivity index (χ3v) is 2.24. The van der Waals surface area contributed by atoms with Gasteiger partial charge in [-0.3, -0.25) is 0 Å². The molecule has 5 heteroatoms.